The van der Waals surface area contributed by atoms with Gasteiger partial charge in [-0.15, -0.1) is 0 Å². The molecular formula is C23H25N3O6. The van der Waals surface area contributed by atoms with Crippen LogP contribution in [0.4, 0.5) is 5.69 Å². The van der Waals surface area contributed by atoms with Crippen molar-refractivity contribution < 1.29 is 28.7 Å². The zero-order valence-electron chi connectivity index (χ0n) is 18.1. The van der Waals surface area contributed by atoms with E-state index in [1.165, 1.54) is 7.11 Å². The van der Waals surface area contributed by atoms with Crippen LogP contribution in [0.15, 0.2) is 42.5 Å². The van der Waals surface area contributed by atoms with Crippen molar-refractivity contribution in [1.82, 2.24) is 10.4 Å². The van der Waals surface area contributed by atoms with Gasteiger partial charge in [-0.2, -0.15) is 0 Å². The Balaban J connectivity index is 1.50. The summed E-state index contributed by atoms with van der Waals surface area (Å²) >= 11 is 0. The first-order valence-electron chi connectivity index (χ1n) is 10.1. The van der Waals surface area contributed by atoms with Crippen LogP contribution in [-0.2, 0) is 19.1 Å². The van der Waals surface area contributed by atoms with Gasteiger partial charge >= 0.3 is 5.97 Å². The van der Waals surface area contributed by atoms with Crippen LogP contribution in [0.25, 0.3) is 0 Å². The fourth-order valence-corrected chi connectivity index (χ4v) is 3.26. The zero-order valence-corrected chi connectivity index (χ0v) is 18.1. The summed E-state index contributed by atoms with van der Waals surface area (Å²) in [7, 11) is 1.44. The second-order valence-electron chi connectivity index (χ2n) is 7.50. The first-order valence-corrected chi connectivity index (χ1v) is 10.1. The third-order valence-corrected chi connectivity index (χ3v) is 5.18. The number of hydrogen-bond donors (Lipinski definition) is 2. The van der Waals surface area contributed by atoms with E-state index in [1.807, 2.05) is 26.0 Å². The first-order chi connectivity index (χ1) is 15.3. The summed E-state index contributed by atoms with van der Waals surface area (Å²) in [5, 5.41) is 3.75. The number of nitrogens with one attached hydrogen (secondary N) is 2. The molecule has 0 aliphatic carbocycles. The van der Waals surface area contributed by atoms with Gasteiger partial charge in [-0.25, -0.2) is 0 Å². The van der Waals surface area contributed by atoms with Crippen LogP contribution in [0, 0.1) is 19.8 Å². The molecule has 0 aromatic heterocycles. The van der Waals surface area contributed by atoms with Crippen LogP contribution >= 0.6 is 0 Å². The van der Waals surface area contributed by atoms with Crippen molar-refractivity contribution >= 4 is 29.4 Å². The molecular weight excluding hydrogens is 414 g/mol. The number of anilines is 1. The number of nitrogens with zero attached hydrogens (tertiary/aromatic N) is 1. The molecule has 1 atom stereocenters. The predicted molar refractivity (Wildman–Crippen MR) is 116 cm³/mol. The van der Waals surface area contributed by atoms with E-state index in [1.54, 1.807) is 30.3 Å². The van der Waals surface area contributed by atoms with E-state index in [0.717, 1.165) is 16.1 Å². The maximum Gasteiger partial charge on any atom is 0.311 e. The normalized spacial score (nSPS) is 15.3. The van der Waals surface area contributed by atoms with Gasteiger partial charge in [0.05, 0.1) is 25.1 Å². The Morgan fingerprint density at radius 1 is 1.09 bits per heavy atom. The minimum absolute atomic E-state index is 0.0443. The number of ether oxygens (including phenoxy) is 2. The molecule has 0 bridgehead atoms. The molecule has 0 radical (unpaired) electrons. The molecule has 9 nitrogen and oxygen atoms in total. The van der Waals surface area contributed by atoms with Gasteiger partial charge in [0.25, 0.3) is 11.8 Å². The highest BCUT2D eigenvalue weighted by Gasteiger charge is 2.37. The van der Waals surface area contributed by atoms with Crippen LogP contribution in [0.5, 0.6) is 5.75 Å². The van der Waals surface area contributed by atoms with E-state index < -0.39 is 36.2 Å². The van der Waals surface area contributed by atoms with E-state index in [0.29, 0.717) is 11.4 Å². The Labute approximate surface area is 185 Å². The molecule has 1 aliphatic heterocycles. The number of esters is 1. The number of carbonyl (C=O) groups is 4. The second kappa shape index (κ2) is 9.95. The molecule has 0 unspecified atom stereocenters. The Morgan fingerprint density at radius 2 is 1.84 bits per heavy atom. The lowest BCUT2D eigenvalue weighted by Gasteiger charge is -2.18. The minimum atomic E-state index is -0.783. The first kappa shape index (κ1) is 22.8. The van der Waals surface area contributed by atoms with Crippen molar-refractivity contribution in [2.75, 3.05) is 25.6 Å². The van der Waals surface area contributed by atoms with Gasteiger partial charge in [-0.1, -0.05) is 18.2 Å². The van der Waals surface area contributed by atoms with Crippen molar-refractivity contribution in [1.29, 1.82) is 0 Å². The molecule has 1 saturated heterocycles. The Bertz CT molecular complexity index is 1050. The topological polar surface area (TPSA) is 114 Å². The van der Waals surface area contributed by atoms with Crippen LogP contribution < -0.4 is 15.5 Å². The highest BCUT2D eigenvalue weighted by Crippen LogP contribution is 2.21. The molecule has 1 aliphatic rings. The summed E-state index contributed by atoms with van der Waals surface area (Å²) in [6, 6.07) is 12.1. The highest BCUT2D eigenvalue weighted by molar-refractivity contribution is 5.98. The van der Waals surface area contributed by atoms with E-state index >= 15 is 0 Å². The quantitative estimate of drug-likeness (QED) is 0.638. The van der Waals surface area contributed by atoms with Crippen molar-refractivity contribution in [3.8, 4) is 5.75 Å². The molecule has 0 saturated carbocycles. The monoisotopic (exact) mass is 439 g/mol. The summed E-state index contributed by atoms with van der Waals surface area (Å²) in [5.41, 5.74) is 5.48. The molecule has 3 rings (SSSR count). The smallest absolute Gasteiger partial charge is 0.311 e. The molecule has 2 N–H and O–H groups in total. The molecule has 1 fully saturated rings. The van der Waals surface area contributed by atoms with E-state index in [9.17, 15) is 19.2 Å². The molecule has 0 spiro atoms. The lowest BCUT2D eigenvalue weighted by atomic mass is 10.1. The Kier molecular flexibility index (Phi) is 7.09. The number of benzene rings is 2. The minimum Gasteiger partial charge on any atom is -0.496 e. The summed E-state index contributed by atoms with van der Waals surface area (Å²) in [6.45, 7) is 3.38. The van der Waals surface area contributed by atoms with E-state index in [2.05, 4.69) is 10.7 Å². The Hall–Kier alpha value is -3.88. The summed E-state index contributed by atoms with van der Waals surface area (Å²) in [6.07, 6.45) is -0.121. The number of hydrazine groups is 1. The van der Waals surface area contributed by atoms with Crippen molar-refractivity contribution in [2.45, 2.75) is 20.3 Å². The van der Waals surface area contributed by atoms with E-state index in [-0.39, 0.29) is 18.5 Å². The summed E-state index contributed by atoms with van der Waals surface area (Å²) in [5.74, 6) is -2.53. The van der Waals surface area contributed by atoms with Gasteiger partial charge in [0, 0.05) is 12.1 Å². The predicted octanol–water partition coefficient (Wildman–Crippen LogP) is 1.99. The molecule has 32 heavy (non-hydrogen) atoms. The number of amides is 3. The maximum atomic E-state index is 12.5. The van der Waals surface area contributed by atoms with Crippen LogP contribution in [0.3, 0.4) is 0 Å². The third kappa shape index (κ3) is 5.42. The lowest BCUT2D eigenvalue weighted by Crippen LogP contribution is -2.43. The molecule has 3 amide bonds. The second-order valence-corrected chi connectivity index (χ2v) is 7.50. The maximum absolute atomic E-state index is 12.5. The van der Waals surface area contributed by atoms with Gasteiger partial charge in [0.15, 0.2) is 6.61 Å². The molecule has 9 heteroatoms. The number of methoxy groups -OCH3 is 1. The van der Waals surface area contributed by atoms with Crippen molar-refractivity contribution in [3.05, 3.63) is 59.2 Å². The third-order valence-electron chi connectivity index (χ3n) is 5.18. The zero-order chi connectivity index (χ0) is 23.3. The highest BCUT2D eigenvalue weighted by atomic mass is 16.5. The van der Waals surface area contributed by atoms with Gasteiger partial charge in [-0.05, 0) is 49.2 Å². The summed E-state index contributed by atoms with van der Waals surface area (Å²) < 4.78 is 10.2. The largest absolute Gasteiger partial charge is 0.496 e. The average Bonchev–Trinajstić information content (AvgIpc) is 3.14. The van der Waals surface area contributed by atoms with Gasteiger partial charge in [-0.3, -0.25) is 29.6 Å². The van der Waals surface area contributed by atoms with Gasteiger partial charge in [0.1, 0.15) is 5.75 Å². The van der Waals surface area contributed by atoms with Gasteiger partial charge in [0.2, 0.25) is 5.91 Å². The number of rotatable bonds is 7. The molecule has 168 valence electrons. The molecule has 1 heterocycles. The standard InChI is InChI=1S/C23H25N3O6/c1-14-8-9-17(10-15(14)2)24-20(27)13-32-23(30)16-11-21(28)26(12-16)25-22(29)18-6-4-5-7-19(18)31-3/h4-10,16H,11-13H2,1-3H3,(H,24,27)(H,25,29)/t16-/m0/s1. The van der Waals surface area contributed by atoms with Crippen LogP contribution in [0.2, 0.25) is 0 Å². The van der Waals surface area contributed by atoms with Gasteiger partial charge < -0.3 is 14.8 Å². The van der Waals surface area contributed by atoms with Crippen molar-refractivity contribution in [2.24, 2.45) is 5.92 Å². The van der Waals surface area contributed by atoms with Crippen LogP contribution in [-0.4, -0.2) is 49.0 Å². The lowest BCUT2D eigenvalue weighted by molar-refractivity contribution is -0.151. The fraction of sp³-hybridized carbons (Fsp3) is 0.304. The SMILES string of the molecule is COc1ccccc1C(=O)NN1C[C@@H](C(=O)OCC(=O)Nc2ccc(C)c(C)c2)CC1=O. The van der Waals surface area contributed by atoms with Crippen LogP contribution in [0.1, 0.15) is 27.9 Å². The number of aryl methyl sites for hydroxylation is 2. The average molecular weight is 439 g/mol. The number of para-hydroxylation sites is 1. The molecule has 2 aromatic carbocycles. The number of carbonyl (C=O) groups excluding carboxylic acids is 4. The number of hydrogen-bond acceptors (Lipinski definition) is 6. The Morgan fingerprint density at radius 3 is 2.56 bits per heavy atom. The van der Waals surface area contributed by atoms with Crippen molar-refractivity contribution in [3.63, 3.8) is 0 Å². The molecule has 2 aromatic rings. The summed E-state index contributed by atoms with van der Waals surface area (Å²) in [4.78, 5) is 49.1. The van der Waals surface area contributed by atoms with E-state index in [4.69, 9.17) is 9.47 Å². The fourth-order valence-electron chi connectivity index (χ4n) is 3.26.